The van der Waals surface area contributed by atoms with Crippen LogP contribution in [0.25, 0.3) is 0 Å². The average Bonchev–Trinajstić information content (AvgIpc) is 2.31. The van der Waals surface area contributed by atoms with Crippen molar-refractivity contribution in [3.05, 3.63) is 43.0 Å². The highest BCUT2D eigenvalue weighted by Crippen LogP contribution is 2.22. The van der Waals surface area contributed by atoms with Gasteiger partial charge in [0.2, 0.25) is 5.79 Å². The van der Waals surface area contributed by atoms with Gasteiger partial charge in [-0.25, -0.2) is 0 Å². The van der Waals surface area contributed by atoms with Gasteiger partial charge in [0.25, 0.3) is 0 Å². The first-order chi connectivity index (χ1) is 7.76. The molecular formula is C13H18O3. The van der Waals surface area contributed by atoms with Gasteiger partial charge in [0, 0.05) is 13.0 Å². The average molecular weight is 222 g/mol. The molecule has 88 valence electrons. The lowest BCUT2D eigenvalue weighted by Crippen LogP contribution is -2.42. The summed E-state index contributed by atoms with van der Waals surface area (Å²) in [6.45, 7) is 5.78. The lowest BCUT2D eigenvalue weighted by Gasteiger charge is -2.31. The van der Waals surface area contributed by atoms with Gasteiger partial charge in [-0.15, -0.1) is 6.58 Å². The van der Waals surface area contributed by atoms with Gasteiger partial charge in [-0.05, 0) is 19.1 Å². The first-order valence-corrected chi connectivity index (χ1v) is 5.36. The van der Waals surface area contributed by atoms with Crippen molar-refractivity contribution in [3.8, 4) is 5.75 Å². The first-order valence-electron chi connectivity index (χ1n) is 5.36. The third-order valence-corrected chi connectivity index (χ3v) is 2.15. The maximum absolute atomic E-state index is 9.40. The van der Waals surface area contributed by atoms with Crippen LogP contribution in [0, 0.1) is 0 Å². The predicted octanol–water partition coefficient (Wildman–Crippen LogP) is 2.37. The van der Waals surface area contributed by atoms with Crippen LogP contribution < -0.4 is 4.74 Å². The first kappa shape index (κ1) is 12.7. The van der Waals surface area contributed by atoms with Crippen LogP contribution in [0.3, 0.4) is 0 Å². The number of aliphatic hydroxyl groups excluding tert-OH is 1. The largest absolute Gasteiger partial charge is 0.460 e. The second-order valence-corrected chi connectivity index (χ2v) is 3.41. The summed E-state index contributed by atoms with van der Waals surface area (Å²) in [5, 5.41) is 9.40. The predicted molar refractivity (Wildman–Crippen MR) is 63.3 cm³/mol. The van der Waals surface area contributed by atoms with Crippen LogP contribution >= 0.6 is 0 Å². The highest BCUT2D eigenvalue weighted by atomic mass is 16.7. The molecule has 1 N–H and O–H groups in total. The summed E-state index contributed by atoms with van der Waals surface area (Å²) >= 11 is 0. The summed E-state index contributed by atoms with van der Waals surface area (Å²) in [7, 11) is 0. The van der Waals surface area contributed by atoms with Gasteiger partial charge in [0.05, 0.1) is 0 Å². The fourth-order valence-corrected chi connectivity index (χ4v) is 1.46. The molecule has 0 aliphatic heterocycles. The Balaban J connectivity index is 2.80. The maximum Gasteiger partial charge on any atom is 0.237 e. The third-order valence-electron chi connectivity index (χ3n) is 2.15. The van der Waals surface area contributed by atoms with Crippen LogP contribution in [0.15, 0.2) is 43.0 Å². The van der Waals surface area contributed by atoms with E-state index in [4.69, 9.17) is 9.47 Å². The van der Waals surface area contributed by atoms with Crippen molar-refractivity contribution in [2.45, 2.75) is 19.1 Å². The molecule has 1 aromatic carbocycles. The topological polar surface area (TPSA) is 38.7 Å². The summed E-state index contributed by atoms with van der Waals surface area (Å²) in [5.41, 5.74) is 0. The van der Waals surface area contributed by atoms with E-state index in [1.807, 2.05) is 37.3 Å². The Hall–Kier alpha value is -1.32. The van der Waals surface area contributed by atoms with Gasteiger partial charge in [0.15, 0.2) is 0 Å². The Morgan fingerprint density at radius 2 is 2.06 bits per heavy atom. The van der Waals surface area contributed by atoms with Crippen molar-refractivity contribution in [1.82, 2.24) is 0 Å². The summed E-state index contributed by atoms with van der Waals surface area (Å²) in [4.78, 5) is 0. The lowest BCUT2D eigenvalue weighted by atomic mass is 10.2. The lowest BCUT2D eigenvalue weighted by molar-refractivity contribution is -0.200. The number of ether oxygens (including phenoxy) is 2. The molecule has 1 aromatic rings. The molecule has 0 aliphatic carbocycles. The van der Waals surface area contributed by atoms with E-state index < -0.39 is 5.79 Å². The zero-order valence-electron chi connectivity index (χ0n) is 9.56. The van der Waals surface area contributed by atoms with Crippen molar-refractivity contribution < 1.29 is 14.6 Å². The molecule has 1 rings (SSSR count). The molecule has 3 heteroatoms. The minimum absolute atomic E-state index is 0.207. The smallest absolute Gasteiger partial charge is 0.237 e. The molecule has 0 amide bonds. The molecule has 0 saturated heterocycles. The maximum atomic E-state index is 9.40. The van der Waals surface area contributed by atoms with Crippen LogP contribution in [0.1, 0.15) is 13.3 Å². The van der Waals surface area contributed by atoms with Gasteiger partial charge in [-0.3, -0.25) is 0 Å². The van der Waals surface area contributed by atoms with Crippen LogP contribution in [0.5, 0.6) is 5.75 Å². The number of hydrogen-bond acceptors (Lipinski definition) is 3. The van der Waals surface area contributed by atoms with Gasteiger partial charge < -0.3 is 14.6 Å². The molecule has 1 atom stereocenters. The molecule has 0 saturated carbocycles. The molecule has 0 heterocycles. The van der Waals surface area contributed by atoms with Gasteiger partial charge in [-0.2, -0.15) is 0 Å². The minimum Gasteiger partial charge on any atom is -0.460 e. The molecule has 0 bridgehead atoms. The Morgan fingerprint density at radius 3 is 2.56 bits per heavy atom. The Labute approximate surface area is 96.3 Å². The molecule has 0 radical (unpaired) electrons. The Morgan fingerprint density at radius 1 is 1.38 bits per heavy atom. The summed E-state index contributed by atoms with van der Waals surface area (Å²) in [5.74, 6) is -0.343. The normalized spacial score (nSPS) is 14.1. The molecule has 0 aromatic heterocycles. The van der Waals surface area contributed by atoms with Gasteiger partial charge in [-0.1, -0.05) is 24.3 Å². The number of para-hydroxylation sites is 1. The Bertz CT molecular complexity index is 310. The van der Waals surface area contributed by atoms with Crippen molar-refractivity contribution in [2.75, 3.05) is 13.2 Å². The molecule has 0 spiro atoms. The third kappa shape index (κ3) is 3.36. The van der Waals surface area contributed by atoms with Gasteiger partial charge >= 0.3 is 0 Å². The van der Waals surface area contributed by atoms with E-state index >= 15 is 0 Å². The molecular weight excluding hydrogens is 204 g/mol. The quantitative estimate of drug-likeness (QED) is 0.568. The summed E-state index contributed by atoms with van der Waals surface area (Å²) < 4.78 is 11.2. The van der Waals surface area contributed by atoms with E-state index in [1.165, 1.54) is 0 Å². The molecule has 0 aliphatic rings. The van der Waals surface area contributed by atoms with E-state index in [9.17, 15) is 5.11 Å². The monoisotopic (exact) mass is 222 g/mol. The number of rotatable bonds is 7. The zero-order valence-corrected chi connectivity index (χ0v) is 9.56. The SMILES string of the molecule is C=CCC(CO)(OCC)Oc1ccccc1. The minimum atomic E-state index is -1.02. The number of hydrogen-bond donors (Lipinski definition) is 1. The van der Waals surface area contributed by atoms with Crippen molar-refractivity contribution in [3.63, 3.8) is 0 Å². The molecule has 16 heavy (non-hydrogen) atoms. The number of aliphatic hydroxyl groups is 1. The van der Waals surface area contributed by atoms with Crippen LogP contribution in [0.2, 0.25) is 0 Å². The second kappa shape index (κ2) is 6.30. The highest BCUT2D eigenvalue weighted by Gasteiger charge is 2.30. The molecule has 3 nitrogen and oxygen atoms in total. The fourth-order valence-electron chi connectivity index (χ4n) is 1.46. The van der Waals surface area contributed by atoms with Crippen LogP contribution in [-0.2, 0) is 4.74 Å². The van der Waals surface area contributed by atoms with Crippen molar-refractivity contribution >= 4 is 0 Å². The highest BCUT2D eigenvalue weighted by molar-refractivity contribution is 5.21. The molecule has 0 fully saturated rings. The van der Waals surface area contributed by atoms with Crippen LogP contribution in [-0.4, -0.2) is 24.1 Å². The summed E-state index contributed by atoms with van der Waals surface area (Å²) in [6, 6.07) is 9.30. The summed E-state index contributed by atoms with van der Waals surface area (Å²) in [6.07, 6.45) is 2.11. The molecule has 1 unspecified atom stereocenters. The second-order valence-electron chi connectivity index (χ2n) is 3.41. The van der Waals surface area contributed by atoms with E-state index in [-0.39, 0.29) is 6.61 Å². The van der Waals surface area contributed by atoms with Crippen LogP contribution in [0.4, 0.5) is 0 Å². The van der Waals surface area contributed by atoms with Gasteiger partial charge in [0.1, 0.15) is 12.4 Å². The van der Waals surface area contributed by atoms with E-state index in [2.05, 4.69) is 6.58 Å². The van der Waals surface area contributed by atoms with Crippen molar-refractivity contribution in [1.29, 1.82) is 0 Å². The van der Waals surface area contributed by atoms with E-state index in [1.54, 1.807) is 6.08 Å². The van der Waals surface area contributed by atoms with E-state index in [0.717, 1.165) is 0 Å². The van der Waals surface area contributed by atoms with Crippen molar-refractivity contribution in [2.24, 2.45) is 0 Å². The Kier molecular flexibility index (Phi) is 5.02. The van der Waals surface area contributed by atoms with E-state index in [0.29, 0.717) is 18.8 Å². The fraction of sp³-hybridized carbons (Fsp3) is 0.385. The standard InChI is InChI=1S/C13H18O3/c1-3-10-13(11-14,15-4-2)16-12-8-6-5-7-9-12/h3,5-9,14H,1,4,10-11H2,2H3. The zero-order chi connectivity index (χ0) is 11.9. The number of benzene rings is 1.